The number of unbranched alkanes of at least 4 members (excludes halogenated alkanes) is 2. The molecule has 0 bridgehead atoms. The smallest absolute Gasteiger partial charge is 0.328 e. The minimum Gasteiger partial charge on any atom is -0.481 e. The molecular weight excluding hydrogens is 336 g/mol. The van der Waals surface area contributed by atoms with Crippen LogP contribution in [0.1, 0.15) is 72.1 Å². The molecule has 24 heavy (non-hydrogen) atoms. The van der Waals surface area contributed by atoms with Crippen LogP contribution in [0.2, 0.25) is 0 Å². The lowest BCUT2D eigenvalue weighted by atomic mass is 9.78. The van der Waals surface area contributed by atoms with Crippen LogP contribution in [-0.2, 0) is 19.7 Å². The average molecular weight is 366 g/mol. The van der Waals surface area contributed by atoms with Crippen LogP contribution < -0.4 is 0 Å². The van der Waals surface area contributed by atoms with Gasteiger partial charge in [-0.25, -0.2) is 0 Å². The molecule has 142 valence electrons. The Kier molecular flexibility index (Phi) is 9.50. The number of hydrogen-bond donors (Lipinski definition) is 3. The molecule has 3 atom stereocenters. The van der Waals surface area contributed by atoms with Crippen LogP contribution in [0, 0.1) is 11.8 Å². The normalized spacial score (nSPS) is 17.0. The summed E-state index contributed by atoms with van der Waals surface area (Å²) in [7, 11) is -5.11. The van der Waals surface area contributed by atoms with Crippen LogP contribution in [0.5, 0.6) is 0 Å². The molecule has 0 spiro atoms. The summed E-state index contributed by atoms with van der Waals surface area (Å²) in [6.45, 7) is 5.56. The Bertz CT molecular complexity index is 515. The van der Waals surface area contributed by atoms with Crippen molar-refractivity contribution in [1.29, 1.82) is 0 Å². The summed E-state index contributed by atoms with van der Waals surface area (Å²) in [6, 6.07) is 0. The highest BCUT2D eigenvalue weighted by Crippen LogP contribution is 2.39. The molecule has 0 aliphatic heterocycles. The fourth-order valence-electron chi connectivity index (χ4n) is 3.11. The Morgan fingerprint density at radius 1 is 1.00 bits per heavy atom. The predicted octanol–water partition coefficient (Wildman–Crippen LogP) is 3.20. The van der Waals surface area contributed by atoms with E-state index < -0.39 is 39.1 Å². The van der Waals surface area contributed by atoms with Crippen molar-refractivity contribution in [3.63, 3.8) is 0 Å². The van der Waals surface area contributed by atoms with Crippen LogP contribution in [0.25, 0.3) is 0 Å². The van der Waals surface area contributed by atoms with Gasteiger partial charge in [-0.2, -0.15) is 8.42 Å². The Morgan fingerprint density at radius 2 is 1.50 bits per heavy atom. The molecule has 8 heteroatoms. The molecule has 0 fully saturated rings. The summed E-state index contributed by atoms with van der Waals surface area (Å²) in [5.74, 6) is -5.26. The second-order valence-corrected chi connectivity index (χ2v) is 8.00. The fourth-order valence-corrected chi connectivity index (χ4v) is 4.36. The minimum atomic E-state index is -5.11. The van der Waals surface area contributed by atoms with Crippen molar-refractivity contribution in [2.45, 2.75) is 76.9 Å². The number of hydrogen-bond acceptors (Lipinski definition) is 4. The van der Waals surface area contributed by atoms with Crippen LogP contribution in [0.15, 0.2) is 0 Å². The Balaban J connectivity index is 6.05. The monoisotopic (exact) mass is 366 g/mol. The summed E-state index contributed by atoms with van der Waals surface area (Å²) >= 11 is 0. The van der Waals surface area contributed by atoms with E-state index in [1.54, 1.807) is 13.8 Å². The van der Waals surface area contributed by atoms with E-state index in [4.69, 9.17) is 0 Å². The zero-order valence-corrected chi connectivity index (χ0v) is 15.5. The number of aliphatic carboxylic acids is 2. The summed E-state index contributed by atoms with van der Waals surface area (Å²) < 4.78 is 31.1. The third-order valence-electron chi connectivity index (χ3n) is 4.66. The Morgan fingerprint density at radius 3 is 1.83 bits per heavy atom. The Labute approximate surface area is 144 Å². The molecular formula is C16H30O7S. The van der Waals surface area contributed by atoms with Gasteiger partial charge in [-0.3, -0.25) is 14.1 Å². The highest BCUT2D eigenvalue weighted by Gasteiger charge is 2.59. The van der Waals surface area contributed by atoms with Gasteiger partial charge in [-0.15, -0.1) is 0 Å². The molecule has 0 aromatic heterocycles. The third kappa shape index (κ3) is 5.44. The summed E-state index contributed by atoms with van der Waals surface area (Å²) in [4.78, 5) is 23.5. The molecule has 0 heterocycles. The lowest BCUT2D eigenvalue weighted by molar-refractivity contribution is -0.153. The summed E-state index contributed by atoms with van der Waals surface area (Å²) in [6.07, 6.45) is 3.22. The topological polar surface area (TPSA) is 129 Å². The minimum absolute atomic E-state index is 0.109. The molecule has 0 radical (unpaired) electrons. The van der Waals surface area contributed by atoms with E-state index in [9.17, 15) is 32.8 Å². The van der Waals surface area contributed by atoms with Gasteiger partial charge in [0, 0.05) is 0 Å². The van der Waals surface area contributed by atoms with Gasteiger partial charge >= 0.3 is 11.9 Å². The van der Waals surface area contributed by atoms with Crippen LogP contribution in [0.3, 0.4) is 0 Å². The molecule has 0 amide bonds. The van der Waals surface area contributed by atoms with Crippen molar-refractivity contribution in [2.24, 2.45) is 11.8 Å². The molecule has 3 unspecified atom stereocenters. The van der Waals surface area contributed by atoms with Crippen molar-refractivity contribution < 1.29 is 32.8 Å². The first-order valence-corrected chi connectivity index (χ1v) is 9.95. The third-order valence-corrected chi connectivity index (χ3v) is 6.21. The van der Waals surface area contributed by atoms with Crippen molar-refractivity contribution >= 4 is 22.1 Å². The molecule has 0 saturated heterocycles. The summed E-state index contributed by atoms with van der Waals surface area (Å²) in [5.41, 5.74) is 0. The highest BCUT2D eigenvalue weighted by atomic mass is 32.2. The lowest BCUT2D eigenvalue weighted by Gasteiger charge is -2.34. The zero-order valence-electron chi connectivity index (χ0n) is 14.7. The van der Waals surface area contributed by atoms with Gasteiger partial charge in [0.05, 0.1) is 5.92 Å². The quantitative estimate of drug-likeness (QED) is 0.427. The molecule has 0 aromatic carbocycles. The van der Waals surface area contributed by atoms with E-state index in [0.717, 1.165) is 12.8 Å². The van der Waals surface area contributed by atoms with Gasteiger partial charge in [-0.05, 0) is 18.8 Å². The maximum absolute atomic E-state index is 12.0. The number of rotatable bonds is 13. The van der Waals surface area contributed by atoms with Crippen molar-refractivity contribution in [2.75, 3.05) is 0 Å². The molecule has 0 aliphatic carbocycles. The zero-order chi connectivity index (χ0) is 19.0. The molecule has 0 aliphatic rings. The molecule has 0 saturated carbocycles. The van der Waals surface area contributed by atoms with E-state index in [1.807, 2.05) is 6.92 Å². The second-order valence-electron chi connectivity index (χ2n) is 6.32. The van der Waals surface area contributed by atoms with E-state index in [0.29, 0.717) is 25.7 Å². The van der Waals surface area contributed by atoms with Crippen molar-refractivity contribution in [1.82, 2.24) is 0 Å². The first kappa shape index (κ1) is 22.9. The fraction of sp³-hybridized carbons (Fsp3) is 0.875. The first-order chi connectivity index (χ1) is 11.1. The SMILES string of the molecule is CCCCC(CC)CC(C(=O)O)(C(CCCC)C(=O)O)S(=O)(=O)O. The maximum Gasteiger partial charge on any atom is 0.328 e. The van der Waals surface area contributed by atoms with Gasteiger partial charge in [0.2, 0.25) is 4.75 Å². The summed E-state index contributed by atoms with van der Waals surface area (Å²) in [5, 5.41) is 19.1. The predicted molar refractivity (Wildman–Crippen MR) is 90.5 cm³/mol. The average Bonchev–Trinajstić information content (AvgIpc) is 2.47. The number of carboxylic acids is 2. The van der Waals surface area contributed by atoms with Crippen molar-refractivity contribution in [3.05, 3.63) is 0 Å². The Hall–Kier alpha value is -1.15. The van der Waals surface area contributed by atoms with E-state index in [-0.39, 0.29) is 12.3 Å². The van der Waals surface area contributed by atoms with Crippen molar-refractivity contribution in [3.8, 4) is 0 Å². The van der Waals surface area contributed by atoms with E-state index in [1.165, 1.54) is 0 Å². The lowest BCUT2D eigenvalue weighted by Crippen LogP contribution is -2.56. The largest absolute Gasteiger partial charge is 0.481 e. The maximum atomic E-state index is 12.0. The second kappa shape index (κ2) is 9.98. The molecule has 0 aromatic rings. The molecule has 0 rings (SSSR count). The van der Waals surface area contributed by atoms with Gasteiger partial charge in [0.25, 0.3) is 10.1 Å². The van der Waals surface area contributed by atoms with E-state index in [2.05, 4.69) is 0 Å². The van der Waals surface area contributed by atoms with Gasteiger partial charge in [0.15, 0.2) is 0 Å². The molecule has 7 nitrogen and oxygen atoms in total. The van der Waals surface area contributed by atoms with Gasteiger partial charge in [-0.1, -0.05) is 59.3 Å². The standard InChI is InChI=1S/C16H30O7S/c1-4-7-9-12(6-3)11-16(15(19)20,24(21,22)23)13(14(17)18)10-8-5-2/h12-13H,4-11H2,1-3H3,(H,17,18)(H,19,20)(H,21,22,23). The van der Waals surface area contributed by atoms with Gasteiger partial charge in [0.1, 0.15) is 0 Å². The van der Waals surface area contributed by atoms with Crippen LogP contribution >= 0.6 is 0 Å². The highest BCUT2D eigenvalue weighted by molar-refractivity contribution is 7.88. The van der Waals surface area contributed by atoms with Crippen LogP contribution in [-0.4, -0.2) is 39.9 Å². The number of carbonyl (C=O) groups is 2. The van der Waals surface area contributed by atoms with Crippen LogP contribution in [0.4, 0.5) is 0 Å². The molecule has 3 N–H and O–H groups in total. The van der Waals surface area contributed by atoms with Gasteiger partial charge < -0.3 is 10.2 Å². The number of carboxylic acid groups (broad SMARTS) is 2. The van der Waals surface area contributed by atoms with E-state index >= 15 is 0 Å². The first-order valence-electron chi connectivity index (χ1n) is 8.51.